The number of allylic oxidation sites excluding steroid dienone is 1. The molecular weight excluding hydrogens is 177 g/mol. The standard InChI is InChI=1S/C10H18FN.C2H6/c1-8(2)12-6-4-5-10(11)7-9(12)3;1-2/h7-9H,4-6H2,1-3H3;1-2H3. The first-order valence-corrected chi connectivity index (χ1v) is 5.73. The average molecular weight is 201 g/mol. The molecule has 1 unspecified atom stereocenters. The van der Waals surface area contributed by atoms with Gasteiger partial charge in [0.15, 0.2) is 0 Å². The predicted octanol–water partition coefficient (Wildman–Crippen LogP) is 3.76. The summed E-state index contributed by atoms with van der Waals surface area (Å²) in [5.74, 6) is 0.0608. The van der Waals surface area contributed by atoms with Crippen molar-refractivity contribution in [3.63, 3.8) is 0 Å². The van der Waals surface area contributed by atoms with Gasteiger partial charge in [-0.1, -0.05) is 13.8 Å². The Balaban J connectivity index is 0.000000791. The van der Waals surface area contributed by atoms with E-state index in [1.807, 2.05) is 13.8 Å². The van der Waals surface area contributed by atoms with Crippen molar-refractivity contribution in [3.8, 4) is 0 Å². The van der Waals surface area contributed by atoms with Crippen LogP contribution in [-0.2, 0) is 0 Å². The lowest BCUT2D eigenvalue weighted by Gasteiger charge is -2.29. The van der Waals surface area contributed by atoms with E-state index < -0.39 is 0 Å². The van der Waals surface area contributed by atoms with Gasteiger partial charge in [-0.25, -0.2) is 4.39 Å². The molecule has 0 aliphatic carbocycles. The van der Waals surface area contributed by atoms with Crippen molar-refractivity contribution in [2.75, 3.05) is 6.54 Å². The molecule has 0 saturated carbocycles. The van der Waals surface area contributed by atoms with Gasteiger partial charge in [-0.05, 0) is 39.8 Å². The van der Waals surface area contributed by atoms with Gasteiger partial charge in [0.2, 0.25) is 0 Å². The van der Waals surface area contributed by atoms with Gasteiger partial charge in [-0.15, -0.1) is 0 Å². The molecule has 1 rings (SSSR count). The van der Waals surface area contributed by atoms with Crippen LogP contribution in [-0.4, -0.2) is 23.5 Å². The second-order valence-electron chi connectivity index (χ2n) is 3.79. The molecule has 0 aromatic rings. The van der Waals surface area contributed by atoms with E-state index in [0.29, 0.717) is 12.5 Å². The molecule has 1 atom stereocenters. The molecule has 0 fully saturated rings. The van der Waals surface area contributed by atoms with Crippen LogP contribution in [0.25, 0.3) is 0 Å². The van der Waals surface area contributed by atoms with Crippen LogP contribution in [0.15, 0.2) is 11.9 Å². The van der Waals surface area contributed by atoms with Gasteiger partial charge in [-0.3, -0.25) is 4.90 Å². The number of hydrogen-bond donors (Lipinski definition) is 0. The maximum absolute atomic E-state index is 13.0. The minimum absolute atomic E-state index is 0.0608. The van der Waals surface area contributed by atoms with E-state index in [1.165, 1.54) is 0 Å². The molecule has 2 heteroatoms. The minimum Gasteiger partial charge on any atom is -0.295 e. The van der Waals surface area contributed by atoms with Crippen LogP contribution in [0.3, 0.4) is 0 Å². The number of halogens is 1. The van der Waals surface area contributed by atoms with Crippen LogP contribution in [0.2, 0.25) is 0 Å². The van der Waals surface area contributed by atoms with Gasteiger partial charge < -0.3 is 0 Å². The molecule has 14 heavy (non-hydrogen) atoms. The summed E-state index contributed by atoms with van der Waals surface area (Å²) in [5, 5.41) is 0. The summed E-state index contributed by atoms with van der Waals surface area (Å²) in [7, 11) is 0. The first-order valence-electron chi connectivity index (χ1n) is 5.73. The molecule has 0 spiro atoms. The molecule has 1 nitrogen and oxygen atoms in total. The lowest BCUT2D eigenvalue weighted by atomic mass is 10.2. The first kappa shape index (κ1) is 13.6. The maximum atomic E-state index is 13.0. The Morgan fingerprint density at radius 3 is 2.50 bits per heavy atom. The normalized spacial score (nSPS) is 23.6. The van der Waals surface area contributed by atoms with Crippen molar-refractivity contribution in [3.05, 3.63) is 11.9 Å². The van der Waals surface area contributed by atoms with Crippen LogP contribution < -0.4 is 0 Å². The molecule has 0 radical (unpaired) electrons. The zero-order valence-corrected chi connectivity index (χ0v) is 10.2. The third kappa shape index (κ3) is 4.23. The van der Waals surface area contributed by atoms with Gasteiger partial charge >= 0.3 is 0 Å². The highest BCUT2D eigenvalue weighted by Gasteiger charge is 2.18. The second-order valence-corrected chi connectivity index (χ2v) is 3.79. The number of rotatable bonds is 1. The smallest absolute Gasteiger partial charge is 0.0975 e. The molecule has 1 aliphatic rings. The molecular formula is C12H24FN. The molecule has 0 bridgehead atoms. The summed E-state index contributed by atoms with van der Waals surface area (Å²) in [6, 6.07) is 0.773. The number of hydrogen-bond acceptors (Lipinski definition) is 1. The number of nitrogens with zero attached hydrogens (tertiary/aromatic N) is 1. The minimum atomic E-state index is 0.0608. The van der Waals surface area contributed by atoms with Crippen molar-refractivity contribution >= 4 is 0 Å². The maximum Gasteiger partial charge on any atom is 0.0975 e. The van der Waals surface area contributed by atoms with Crippen LogP contribution >= 0.6 is 0 Å². The monoisotopic (exact) mass is 201 g/mol. The molecule has 0 saturated heterocycles. The molecule has 84 valence electrons. The summed E-state index contributed by atoms with van der Waals surface area (Å²) in [6.07, 6.45) is 3.31. The molecule has 0 amide bonds. The van der Waals surface area contributed by atoms with Crippen molar-refractivity contribution in [2.24, 2.45) is 0 Å². The van der Waals surface area contributed by atoms with E-state index in [0.717, 1.165) is 13.0 Å². The molecule has 0 N–H and O–H groups in total. The van der Waals surface area contributed by atoms with Gasteiger partial charge in [0.25, 0.3) is 0 Å². The van der Waals surface area contributed by atoms with Crippen molar-refractivity contribution in [1.82, 2.24) is 4.90 Å². The Morgan fingerprint density at radius 1 is 1.43 bits per heavy atom. The third-order valence-corrected chi connectivity index (χ3v) is 2.44. The van der Waals surface area contributed by atoms with E-state index in [1.54, 1.807) is 6.08 Å². The second kappa shape index (κ2) is 6.99. The van der Waals surface area contributed by atoms with E-state index in [4.69, 9.17) is 0 Å². The van der Waals surface area contributed by atoms with E-state index in [2.05, 4.69) is 25.7 Å². The average Bonchev–Trinajstić information content (AvgIpc) is 2.30. The zero-order chi connectivity index (χ0) is 11.1. The quantitative estimate of drug-likeness (QED) is 0.624. The summed E-state index contributed by atoms with van der Waals surface area (Å²) >= 11 is 0. The highest BCUT2D eigenvalue weighted by molar-refractivity contribution is 5.01. The fourth-order valence-corrected chi connectivity index (χ4v) is 1.80. The molecule has 0 aromatic heterocycles. The van der Waals surface area contributed by atoms with Crippen LogP contribution in [0.5, 0.6) is 0 Å². The Kier molecular flexibility index (Phi) is 6.81. The van der Waals surface area contributed by atoms with Crippen molar-refractivity contribution < 1.29 is 4.39 Å². The summed E-state index contributed by atoms with van der Waals surface area (Å²) < 4.78 is 13.0. The van der Waals surface area contributed by atoms with Gasteiger partial charge in [0.1, 0.15) is 0 Å². The van der Waals surface area contributed by atoms with E-state index >= 15 is 0 Å². The topological polar surface area (TPSA) is 3.24 Å². The summed E-state index contributed by atoms with van der Waals surface area (Å²) in [5.41, 5.74) is 0. The van der Waals surface area contributed by atoms with Crippen LogP contribution in [0, 0.1) is 0 Å². The van der Waals surface area contributed by atoms with E-state index in [9.17, 15) is 4.39 Å². The van der Waals surface area contributed by atoms with Gasteiger partial charge in [-0.2, -0.15) is 0 Å². The summed E-state index contributed by atoms with van der Waals surface area (Å²) in [4.78, 5) is 2.33. The Hall–Kier alpha value is -0.370. The Bertz CT molecular complexity index is 175. The zero-order valence-electron chi connectivity index (χ0n) is 10.2. The molecule has 0 aromatic carbocycles. The van der Waals surface area contributed by atoms with E-state index in [-0.39, 0.29) is 11.9 Å². The lowest BCUT2D eigenvalue weighted by Crippen LogP contribution is -2.37. The predicted molar refractivity (Wildman–Crippen MR) is 61.1 cm³/mol. The Morgan fingerprint density at radius 2 is 2.00 bits per heavy atom. The van der Waals surface area contributed by atoms with Crippen molar-refractivity contribution in [1.29, 1.82) is 0 Å². The molecule has 1 aliphatic heterocycles. The highest BCUT2D eigenvalue weighted by Crippen LogP contribution is 2.18. The summed E-state index contributed by atoms with van der Waals surface area (Å²) in [6.45, 7) is 11.4. The van der Waals surface area contributed by atoms with Gasteiger partial charge in [0.05, 0.1) is 5.83 Å². The van der Waals surface area contributed by atoms with Crippen LogP contribution in [0.1, 0.15) is 47.5 Å². The largest absolute Gasteiger partial charge is 0.295 e. The lowest BCUT2D eigenvalue weighted by molar-refractivity contribution is 0.194. The first-order chi connectivity index (χ1) is 6.61. The fourth-order valence-electron chi connectivity index (χ4n) is 1.80. The third-order valence-electron chi connectivity index (χ3n) is 2.44. The molecule has 1 heterocycles. The van der Waals surface area contributed by atoms with Crippen LogP contribution in [0.4, 0.5) is 4.39 Å². The van der Waals surface area contributed by atoms with Crippen molar-refractivity contribution in [2.45, 2.75) is 59.5 Å². The highest BCUT2D eigenvalue weighted by atomic mass is 19.1. The fraction of sp³-hybridized carbons (Fsp3) is 0.833. The SMILES string of the molecule is CC.CC(C)N1CCCC(F)=CC1C. The Labute approximate surface area is 88.0 Å². The van der Waals surface area contributed by atoms with Gasteiger partial charge in [0, 0.05) is 18.5 Å².